The molecule has 7 heteroatoms. The maximum absolute atomic E-state index is 4.96. The number of rotatable bonds is 7. The molecule has 3 heterocycles. The number of likely N-dealkylation sites (tertiary alicyclic amines) is 1. The molecule has 0 aliphatic carbocycles. The quantitative estimate of drug-likeness (QED) is 0.510. The second-order valence-corrected chi connectivity index (χ2v) is 9.77. The Kier molecular flexibility index (Phi) is 7.81. The van der Waals surface area contributed by atoms with Crippen LogP contribution in [-0.2, 0) is 6.54 Å². The van der Waals surface area contributed by atoms with Gasteiger partial charge in [0.1, 0.15) is 0 Å². The summed E-state index contributed by atoms with van der Waals surface area (Å²) in [6.45, 7) is 11.4. The lowest BCUT2D eigenvalue weighted by Crippen LogP contribution is -2.45. The van der Waals surface area contributed by atoms with Gasteiger partial charge in [0.2, 0.25) is 0 Å². The van der Waals surface area contributed by atoms with Crippen LogP contribution in [0.1, 0.15) is 36.9 Å². The van der Waals surface area contributed by atoms with Crippen LogP contribution in [0.15, 0.2) is 40.7 Å². The summed E-state index contributed by atoms with van der Waals surface area (Å²) >= 11 is 1.75. The van der Waals surface area contributed by atoms with Gasteiger partial charge in [-0.25, -0.2) is 4.98 Å². The number of guanidine groups is 1. The maximum atomic E-state index is 4.96. The van der Waals surface area contributed by atoms with Gasteiger partial charge in [0.25, 0.3) is 0 Å². The second-order valence-electron chi connectivity index (χ2n) is 8.71. The Balaban J connectivity index is 1.23. The minimum Gasteiger partial charge on any atom is -0.369 e. The van der Waals surface area contributed by atoms with E-state index in [1.165, 1.54) is 24.2 Å². The van der Waals surface area contributed by atoms with Crippen LogP contribution in [-0.4, -0.2) is 61.2 Å². The van der Waals surface area contributed by atoms with Gasteiger partial charge in [0, 0.05) is 49.8 Å². The van der Waals surface area contributed by atoms with E-state index in [-0.39, 0.29) is 0 Å². The zero-order valence-corrected chi connectivity index (χ0v) is 19.7. The molecule has 1 unspecified atom stereocenters. The molecule has 0 amide bonds. The molecule has 1 atom stereocenters. The molecular formula is C24H36N6S. The second kappa shape index (κ2) is 11.0. The zero-order valence-electron chi connectivity index (χ0n) is 18.9. The number of benzene rings is 1. The highest BCUT2D eigenvalue weighted by Gasteiger charge is 2.24. The lowest BCUT2D eigenvalue weighted by atomic mass is 9.97. The molecule has 168 valence electrons. The van der Waals surface area contributed by atoms with Gasteiger partial charge in [-0.15, -0.1) is 11.3 Å². The van der Waals surface area contributed by atoms with Crippen molar-refractivity contribution in [2.24, 2.45) is 10.9 Å². The molecule has 31 heavy (non-hydrogen) atoms. The number of aliphatic imine (C=N–C) groups is 1. The van der Waals surface area contributed by atoms with E-state index in [0.29, 0.717) is 12.0 Å². The average molecular weight is 441 g/mol. The maximum Gasteiger partial charge on any atom is 0.191 e. The van der Waals surface area contributed by atoms with Crippen molar-refractivity contribution < 1.29 is 0 Å². The van der Waals surface area contributed by atoms with Crippen LogP contribution in [0.2, 0.25) is 0 Å². The van der Waals surface area contributed by atoms with E-state index in [1.807, 2.05) is 0 Å². The Morgan fingerprint density at radius 3 is 2.68 bits per heavy atom. The monoisotopic (exact) mass is 440 g/mol. The number of para-hydroxylation sites is 1. The summed E-state index contributed by atoms with van der Waals surface area (Å²) in [6.07, 6.45) is 3.59. The predicted octanol–water partition coefficient (Wildman–Crippen LogP) is 3.50. The van der Waals surface area contributed by atoms with Gasteiger partial charge in [-0.1, -0.05) is 18.2 Å². The van der Waals surface area contributed by atoms with Gasteiger partial charge in [-0.2, -0.15) is 0 Å². The van der Waals surface area contributed by atoms with Crippen LogP contribution < -0.4 is 15.5 Å². The van der Waals surface area contributed by atoms with Crippen molar-refractivity contribution in [3.05, 3.63) is 46.4 Å². The number of hydrogen-bond acceptors (Lipinski definition) is 5. The molecule has 0 radical (unpaired) electrons. The molecule has 0 bridgehead atoms. The Morgan fingerprint density at radius 2 is 1.97 bits per heavy atom. The number of aromatic nitrogens is 1. The Labute approximate surface area is 190 Å². The smallest absolute Gasteiger partial charge is 0.191 e. The van der Waals surface area contributed by atoms with Gasteiger partial charge < -0.3 is 15.5 Å². The van der Waals surface area contributed by atoms with E-state index in [2.05, 4.69) is 75.0 Å². The lowest BCUT2D eigenvalue weighted by Gasteiger charge is -2.31. The number of nitrogens with one attached hydrogen (secondary N) is 2. The third-order valence-corrected chi connectivity index (χ3v) is 7.08. The molecule has 4 rings (SSSR count). The van der Waals surface area contributed by atoms with E-state index in [9.17, 15) is 0 Å². The number of hydrogen-bond donors (Lipinski definition) is 2. The zero-order chi connectivity index (χ0) is 21.5. The van der Waals surface area contributed by atoms with Gasteiger partial charge >= 0.3 is 0 Å². The van der Waals surface area contributed by atoms with Crippen molar-refractivity contribution in [1.29, 1.82) is 0 Å². The minimum atomic E-state index is 0.446. The SMILES string of the molecule is CCNC(=NCC1CCN(Cc2csc(C)n2)CC1)NC1CCN(c2ccccc2)C1. The standard InChI is InChI=1S/C24H36N6S/c1-3-25-24(28-21-11-14-30(17-21)23-7-5-4-6-8-23)26-15-20-9-12-29(13-10-20)16-22-18-31-19(2)27-22/h4-8,18,20-21H,3,9-17H2,1-2H3,(H2,25,26,28). The third kappa shape index (κ3) is 6.43. The summed E-state index contributed by atoms with van der Waals surface area (Å²) in [6, 6.07) is 11.2. The fraction of sp³-hybridized carbons (Fsp3) is 0.583. The topological polar surface area (TPSA) is 55.8 Å². The predicted molar refractivity (Wildman–Crippen MR) is 131 cm³/mol. The molecule has 2 aromatic rings. The molecule has 6 nitrogen and oxygen atoms in total. The number of anilines is 1. The first kappa shape index (κ1) is 22.1. The summed E-state index contributed by atoms with van der Waals surface area (Å²) in [7, 11) is 0. The summed E-state index contributed by atoms with van der Waals surface area (Å²) in [5.74, 6) is 1.65. The van der Waals surface area contributed by atoms with Crippen LogP contribution in [0, 0.1) is 12.8 Å². The van der Waals surface area contributed by atoms with E-state index < -0.39 is 0 Å². The normalized spacial score (nSPS) is 20.9. The summed E-state index contributed by atoms with van der Waals surface area (Å²) in [5.41, 5.74) is 2.53. The summed E-state index contributed by atoms with van der Waals surface area (Å²) in [5, 5.41) is 10.5. The lowest BCUT2D eigenvalue weighted by molar-refractivity contribution is 0.179. The summed E-state index contributed by atoms with van der Waals surface area (Å²) in [4.78, 5) is 14.6. The van der Waals surface area contributed by atoms with Crippen LogP contribution >= 0.6 is 11.3 Å². The van der Waals surface area contributed by atoms with E-state index in [4.69, 9.17) is 4.99 Å². The van der Waals surface area contributed by atoms with Gasteiger partial charge in [-0.05, 0) is 64.3 Å². The van der Waals surface area contributed by atoms with E-state index >= 15 is 0 Å². The van der Waals surface area contributed by atoms with Crippen molar-refractivity contribution in [3.63, 3.8) is 0 Å². The fourth-order valence-corrected chi connectivity index (χ4v) is 5.13. The molecule has 1 aromatic heterocycles. The molecule has 2 saturated heterocycles. The van der Waals surface area contributed by atoms with Crippen molar-refractivity contribution in [1.82, 2.24) is 20.5 Å². The largest absolute Gasteiger partial charge is 0.369 e. The molecule has 0 spiro atoms. The van der Waals surface area contributed by atoms with Gasteiger partial charge in [-0.3, -0.25) is 9.89 Å². The minimum absolute atomic E-state index is 0.446. The van der Waals surface area contributed by atoms with Gasteiger partial charge in [0.15, 0.2) is 5.96 Å². The molecule has 2 aliphatic rings. The molecule has 2 fully saturated rings. The van der Waals surface area contributed by atoms with Crippen molar-refractivity contribution in [2.45, 2.75) is 45.7 Å². The van der Waals surface area contributed by atoms with Crippen LogP contribution in [0.5, 0.6) is 0 Å². The Morgan fingerprint density at radius 1 is 1.16 bits per heavy atom. The highest BCUT2D eigenvalue weighted by molar-refractivity contribution is 7.09. The third-order valence-electron chi connectivity index (χ3n) is 6.26. The fourth-order valence-electron chi connectivity index (χ4n) is 4.52. The summed E-state index contributed by atoms with van der Waals surface area (Å²) < 4.78 is 0. The number of piperidine rings is 1. The van der Waals surface area contributed by atoms with E-state index in [1.54, 1.807) is 11.3 Å². The first-order valence-corrected chi connectivity index (χ1v) is 12.6. The number of nitrogens with zero attached hydrogens (tertiary/aromatic N) is 4. The highest BCUT2D eigenvalue weighted by Crippen LogP contribution is 2.21. The van der Waals surface area contributed by atoms with Crippen molar-refractivity contribution in [3.8, 4) is 0 Å². The number of thiazole rings is 1. The Bertz CT molecular complexity index is 828. The van der Waals surface area contributed by atoms with Crippen LogP contribution in [0.25, 0.3) is 0 Å². The highest BCUT2D eigenvalue weighted by atomic mass is 32.1. The number of aryl methyl sites for hydroxylation is 1. The van der Waals surface area contributed by atoms with E-state index in [0.717, 1.165) is 63.2 Å². The first-order valence-electron chi connectivity index (χ1n) is 11.7. The molecule has 1 aromatic carbocycles. The Hall–Kier alpha value is -2.12. The molecule has 2 N–H and O–H groups in total. The molecule has 0 saturated carbocycles. The van der Waals surface area contributed by atoms with Crippen molar-refractivity contribution in [2.75, 3.05) is 44.2 Å². The molecular weight excluding hydrogens is 404 g/mol. The van der Waals surface area contributed by atoms with Gasteiger partial charge in [0.05, 0.1) is 10.7 Å². The van der Waals surface area contributed by atoms with Crippen LogP contribution in [0.4, 0.5) is 5.69 Å². The average Bonchev–Trinajstić information content (AvgIpc) is 3.43. The van der Waals surface area contributed by atoms with Crippen molar-refractivity contribution >= 4 is 23.0 Å². The molecule has 2 aliphatic heterocycles. The first-order chi connectivity index (χ1) is 15.2. The van der Waals surface area contributed by atoms with Crippen LogP contribution in [0.3, 0.4) is 0 Å².